The summed E-state index contributed by atoms with van der Waals surface area (Å²) in [7, 11) is 0. The van der Waals surface area contributed by atoms with Gasteiger partial charge in [0.05, 0.1) is 17.2 Å². The van der Waals surface area contributed by atoms with Crippen LogP contribution < -0.4 is 5.32 Å². The Kier molecular flexibility index (Phi) is 4.54. The van der Waals surface area contributed by atoms with Crippen LogP contribution in [0.2, 0.25) is 0 Å². The van der Waals surface area contributed by atoms with Crippen LogP contribution >= 0.6 is 15.9 Å². The summed E-state index contributed by atoms with van der Waals surface area (Å²) in [5, 5.41) is 3.21. The minimum Gasteiger partial charge on any atom is -0.376 e. The second kappa shape index (κ2) is 6.15. The minimum absolute atomic E-state index is 0.482. The van der Waals surface area contributed by atoms with Gasteiger partial charge in [0.15, 0.2) is 0 Å². The van der Waals surface area contributed by atoms with Crippen molar-refractivity contribution in [1.82, 2.24) is 9.97 Å². The largest absolute Gasteiger partial charge is 0.376 e. The molecule has 0 radical (unpaired) electrons. The number of aromatic nitrogens is 2. The van der Waals surface area contributed by atoms with Gasteiger partial charge in [-0.3, -0.25) is 0 Å². The van der Waals surface area contributed by atoms with Gasteiger partial charge in [-0.05, 0) is 28.8 Å². The van der Waals surface area contributed by atoms with E-state index in [2.05, 4.69) is 31.2 Å². The van der Waals surface area contributed by atoms with E-state index in [9.17, 15) is 0 Å². The number of nitrogens with one attached hydrogen (secondary N) is 1. The van der Waals surface area contributed by atoms with E-state index in [4.69, 9.17) is 4.74 Å². The van der Waals surface area contributed by atoms with Gasteiger partial charge in [-0.1, -0.05) is 12.8 Å². The minimum atomic E-state index is 0.482. The van der Waals surface area contributed by atoms with Crippen molar-refractivity contribution < 1.29 is 4.74 Å². The SMILES string of the molecule is Brc1cncnc1NCCOC1CCCC1. The van der Waals surface area contributed by atoms with Crippen LogP contribution in [0.1, 0.15) is 25.7 Å². The Hall–Kier alpha value is -0.680. The zero-order valence-corrected chi connectivity index (χ0v) is 10.7. The lowest BCUT2D eigenvalue weighted by Gasteiger charge is -2.12. The Morgan fingerprint density at radius 3 is 3.00 bits per heavy atom. The van der Waals surface area contributed by atoms with Gasteiger partial charge in [-0.15, -0.1) is 0 Å². The lowest BCUT2D eigenvalue weighted by Crippen LogP contribution is -2.16. The second-order valence-corrected chi connectivity index (χ2v) is 4.78. The molecule has 1 aliphatic carbocycles. The number of rotatable bonds is 5. The van der Waals surface area contributed by atoms with E-state index in [1.54, 1.807) is 6.20 Å². The fourth-order valence-electron chi connectivity index (χ4n) is 1.89. The Bertz CT molecular complexity index is 329. The molecule has 0 unspecified atom stereocenters. The zero-order chi connectivity index (χ0) is 11.2. The van der Waals surface area contributed by atoms with Gasteiger partial charge in [0, 0.05) is 12.7 Å². The molecule has 1 heterocycles. The molecule has 0 aliphatic heterocycles. The molecule has 0 amide bonds. The van der Waals surface area contributed by atoms with E-state index in [0.717, 1.165) is 23.4 Å². The molecule has 0 spiro atoms. The predicted octanol–water partition coefficient (Wildman–Crippen LogP) is 2.61. The summed E-state index contributed by atoms with van der Waals surface area (Å²) in [6.45, 7) is 1.52. The van der Waals surface area contributed by atoms with Crippen molar-refractivity contribution in [3.63, 3.8) is 0 Å². The van der Waals surface area contributed by atoms with Crippen molar-refractivity contribution in [3.8, 4) is 0 Å². The van der Waals surface area contributed by atoms with Crippen molar-refractivity contribution in [3.05, 3.63) is 17.0 Å². The van der Waals surface area contributed by atoms with Gasteiger partial charge >= 0.3 is 0 Å². The first kappa shape index (κ1) is 11.8. The number of nitrogens with zero attached hydrogens (tertiary/aromatic N) is 2. The molecule has 1 N–H and O–H groups in total. The van der Waals surface area contributed by atoms with Crippen LogP contribution in [-0.2, 0) is 4.74 Å². The third kappa shape index (κ3) is 3.42. The lowest BCUT2D eigenvalue weighted by atomic mass is 10.3. The lowest BCUT2D eigenvalue weighted by molar-refractivity contribution is 0.0658. The predicted molar refractivity (Wildman–Crippen MR) is 66.4 cm³/mol. The maximum atomic E-state index is 5.74. The van der Waals surface area contributed by atoms with Gasteiger partial charge in [0.1, 0.15) is 12.1 Å². The van der Waals surface area contributed by atoms with Crippen LogP contribution in [0.25, 0.3) is 0 Å². The van der Waals surface area contributed by atoms with Crippen LogP contribution in [0.5, 0.6) is 0 Å². The molecule has 1 aromatic heterocycles. The van der Waals surface area contributed by atoms with Crippen molar-refractivity contribution in [2.24, 2.45) is 0 Å². The first-order valence-electron chi connectivity index (χ1n) is 5.67. The average Bonchev–Trinajstić information content (AvgIpc) is 2.79. The van der Waals surface area contributed by atoms with Crippen LogP contribution in [0.4, 0.5) is 5.82 Å². The van der Waals surface area contributed by atoms with E-state index in [1.165, 1.54) is 32.0 Å². The standard InChI is InChI=1S/C11H16BrN3O/c12-10-7-13-8-15-11(10)14-5-6-16-9-3-1-2-4-9/h7-9H,1-6H2,(H,13,14,15). The Morgan fingerprint density at radius 1 is 1.44 bits per heavy atom. The van der Waals surface area contributed by atoms with Crippen LogP contribution in [0.15, 0.2) is 17.0 Å². The highest BCUT2D eigenvalue weighted by molar-refractivity contribution is 9.10. The van der Waals surface area contributed by atoms with Gasteiger partial charge in [-0.25, -0.2) is 9.97 Å². The number of halogens is 1. The van der Waals surface area contributed by atoms with Crippen molar-refractivity contribution in [1.29, 1.82) is 0 Å². The first-order chi connectivity index (χ1) is 7.86. The van der Waals surface area contributed by atoms with Crippen LogP contribution in [0, 0.1) is 0 Å². The molecule has 1 fully saturated rings. The maximum absolute atomic E-state index is 5.74. The molecule has 1 aliphatic rings. The van der Waals surface area contributed by atoms with Crippen LogP contribution in [0.3, 0.4) is 0 Å². The number of anilines is 1. The van der Waals surface area contributed by atoms with E-state index in [-0.39, 0.29) is 0 Å². The summed E-state index contributed by atoms with van der Waals surface area (Å²) in [5.41, 5.74) is 0. The van der Waals surface area contributed by atoms with Gasteiger partial charge in [0.2, 0.25) is 0 Å². The van der Waals surface area contributed by atoms with Crippen molar-refractivity contribution in [2.45, 2.75) is 31.8 Å². The molecule has 0 saturated heterocycles. The fraction of sp³-hybridized carbons (Fsp3) is 0.636. The fourth-order valence-corrected chi connectivity index (χ4v) is 2.25. The Labute approximate surface area is 104 Å². The molecule has 5 heteroatoms. The number of ether oxygens (including phenoxy) is 1. The monoisotopic (exact) mass is 285 g/mol. The van der Waals surface area contributed by atoms with Crippen LogP contribution in [-0.4, -0.2) is 29.2 Å². The summed E-state index contributed by atoms with van der Waals surface area (Å²) in [6, 6.07) is 0. The summed E-state index contributed by atoms with van der Waals surface area (Å²) in [6.07, 6.45) is 8.81. The molecule has 1 aromatic rings. The second-order valence-electron chi connectivity index (χ2n) is 3.92. The number of hydrogen-bond donors (Lipinski definition) is 1. The third-order valence-corrected chi connectivity index (χ3v) is 3.30. The summed E-state index contributed by atoms with van der Waals surface area (Å²) in [5.74, 6) is 0.824. The zero-order valence-electron chi connectivity index (χ0n) is 9.16. The smallest absolute Gasteiger partial charge is 0.143 e. The molecule has 16 heavy (non-hydrogen) atoms. The first-order valence-corrected chi connectivity index (χ1v) is 6.46. The molecule has 4 nitrogen and oxygen atoms in total. The Balaban J connectivity index is 1.66. The molecule has 0 bridgehead atoms. The third-order valence-electron chi connectivity index (χ3n) is 2.72. The summed E-state index contributed by atoms with van der Waals surface area (Å²) in [4.78, 5) is 8.03. The topological polar surface area (TPSA) is 47.0 Å². The van der Waals surface area contributed by atoms with Gasteiger partial charge < -0.3 is 10.1 Å². The highest BCUT2D eigenvalue weighted by Gasteiger charge is 2.14. The van der Waals surface area contributed by atoms with Crippen molar-refractivity contribution >= 4 is 21.7 Å². The highest BCUT2D eigenvalue weighted by atomic mass is 79.9. The molecule has 0 atom stereocenters. The van der Waals surface area contributed by atoms with E-state index in [0.29, 0.717) is 6.10 Å². The average molecular weight is 286 g/mol. The molecular weight excluding hydrogens is 270 g/mol. The summed E-state index contributed by atoms with van der Waals surface area (Å²) < 4.78 is 6.63. The molecule has 0 aromatic carbocycles. The molecular formula is C11H16BrN3O. The van der Waals surface area contributed by atoms with E-state index >= 15 is 0 Å². The van der Waals surface area contributed by atoms with Gasteiger partial charge in [0.25, 0.3) is 0 Å². The maximum Gasteiger partial charge on any atom is 0.143 e. The van der Waals surface area contributed by atoms with E-state index < -0.39 is 0 Å². The number of hydrogen-bond acceptors (Lipinski definition) is 4. The Morgan fingerprint density at radius 2 is 2.25 bits per heavy atom. The molecule has 2 rings (SSSR count). The summed E-state index contributed by atoms with van der Waals surface area (Å²) >= 11 is 3.39. The normalized spacial score (nSPS) is 16.6. The van der Waals surface area contributed by atoms with Gasteiger partial charge in [-0.2, -0.15) is 0 Å². The highest BCUT2D eigenvalue weighted by Crippen LogP contribution is 2.21. The molecule has 1 saturated carbocycles. The van der Waals surface area contributed by atoms with Crippen molar-refractivity contribution in [2.75, 3.05) is 18.5 Å². The van der Waals surface area contributed by atoms with E-state index in [1.807, 2.05) is 0 Å². The quantitative estimate of drug-likeness (QED) is 0.845. The molecule has 88 valence electrons.